The average Bonchev–Trinajstić information content (AvgIpc) is 2.18. The van der Waals surface area contributed by atoms with Crippen LogP contribution >= 0.6 is 15.9 Å². The van der Waals surface area contributed by atoms with Crippen LogP contribution in [0.4, 0.5) is 4.39 Å². The Labute approximate surface area is 103 Å². The molecule has 0 bridgehead atoms. The van der Waals surface area contributed by atoms with Gasteiger partial charge in [-0.05, 0) is 60.3 Å². The first-order chi connectivity index (χ1) is 7.25. The van der Waals surface area contributed by atoms with E-state index >= 15 is 0 Å². The van der Waals surface area contributed by atoms with E-state index in [1.165, 1.54) is 6.07 Å². The van der Waals surface area contributed by atoms with Gasteiger partial charge in [-0.1, -0.05) is 6.07 Å². The number of halogens is 2. The summed E-state index contributed by atoms with van der Waals surface area (Å²) in [6.07, 6.45) is 0.298. The van der Waals surface area contributed by atoms with E-state index in [0.29, 0.717) is 16.5 Å². The molecule has 16 heavy (non-hydrogen) atoms. The Kier molecular flexibility index (Phi) is 3.73. The number of benzene rings is 1. The van der Waals surface area contributed by atoms with Crippen molar-refractivity contribution in [2.75, 3.05) is 0 Å². The molecule has 0 unspecified atom stereocenters. The molecule has 1 aromatic rings. The molecular formula is C12H14BrFO2. The summed E-state index contributed by atoms with van der Waals surface area (Å²) in [5.41, 5.74) is 0.705. The van der Waals surface area contributed by atoms with Gasteiger partial charge in [-0.2, -0.15) is 0 Å². The summed E-state index contributed by atoms with van der Waals surface area (Å²) in [7, 11) is 0. The van der Waals surface area contributed by atoms with Gasteiger partial charge in [0, 0.05) is 0 Å². The van der Waals surface area contributed by atoms with Crippen LogP contribution < -0.4 is 0 Å². The van der Waals surface area contributed by atoms with Gasteiger partial charge in [0.05, 0.1) is 9.89 Å². The highest BCUT2D eigenvalue weighted by atomic mass is 79.9. The normalized spacial score (nSPS) is 11.6. The maximum absolute atomic E-state index is 13.3. The van der Waals surface area contributed by atoms with Crippen molar-refractivity contribution in [3.63, 3.8) is 0 Å². The van der Waals surface area contributed by atoms with E-state index in [0.717, 1.165) is 5.56 Å². The number of carboxylic acid groups (broad SMARTS) is 1. The minimum absolute atomic E-state index is 0.298. The topological polar surface area (TPSA) is 37.3 Å². The van der Waals surface area contributed by atoms with E-state index in [1.807, 2.05) is 6.92 Å². The lowest BCUT2D eigenvalue weighted by Gasteiger charge is -2.21. The Bertz CT molecular complexity index is 427. The SMILES string of the molecule is Cc1ccc(F)c(Br)c1CC(C)(C)C(=O)O. The van der Waals surface area contributed by atoms with E-state index in [1.54, 1.807) is 19.9 Å². The molecule has 0 saturated heterocycles. The molecule has 0 heterocycles. The van der Waals surface area contributed by atoms with Crippen molar-refractivity contribution in [2.45, 2.75) is 27.2 Å². The average molecular weight is 289 g/mol. The zero-order chi connectivity index (χ0) is 12.5. The van der Waals surface area contributed by atoms with Crippen molar-refractivity contribution in [2.24, 2.45) is 5.41 Å². The monoisotopic (exact) mass is 288 g/mol. The summed E-state index contributed by atoms with van der Waals surface area (Å²) < 4.78 is 13.7. The molecule has 88 valence electrons. The molecule has 0 saturated carbocycles. The molecule has 0 spiro atoms. The lowest BCUT2D eigenvalue weighted by Crippen LogP contribution is -2.26. The third-order valence-electron chi connectivity index (χ3n) is 2.63. The van der Waals surface area contributed by atoms with E-state index in [4.69, 9.17) is 5.11 Å². The van der Waals surface area contributed by atoms with Crippen molar-refractivity contribution in [1.82, 2.24) is 0 Å². The van der Waals surface area contributed by atoms with Gasteiger partial charge in [-0.3, -0.25) is 4.79 Å². The number of hydrogen-bond acceptors (Lipinski definition) is 1. The first-order valence-electron chi connectivity index (χ1n) is 4.92. The highest BCUT2D eigenvalue weighted by Gasteiger charge is 2.29. The van der Waals surface area contributed by atoms with Crippen LogP contribution in [-0.2, 0) is 11.2 Å². The van der Waals surface area contributed by atoms with Crippen molar-refractivity contribution in [1.29, 1.82) is 0 Å². The Morgan fingerprint density at radius 1 is 1.50 bits per heavy atom. The van der Waals surface area contributed by atoms with Crippen LogP contribution in [0.3, 0.4) is 0 Å². The van der Waals surface area contributed by atoms with Gasteiger partial charge in [-0.25, -0.2) is 4.39 Å². The summed E-state index contributed by atoms with van der Waals surface area (Å²) in [4.78, 5) is 11.0. The summed E-state index contributed by atoms with van der Waals surface area (Å²) in [5.74, 6) is -1.25. The third-order valence-corrected chi connectivity index (χ3v) is 3.49. The lowest BCUT2D eigenvalue weighted by molar-refractivity contribution is -0.146. The molecule has 0 radical (unpaired) electrons. The first-order valence-corrected chi connectivity index (χ1v) is 5.72. The van der Waals surface area contributed by atoms with Gasteiger partial charge in [0.25, 0.3) is 0 Å². The van der Waals surface area contributed by atoms with Gasteiger partial charge < -0.3 is 5.11 Å². The molecular weight excluding hydrogens is 275 g/mol. The molecule has 0 aliphatic carbocycles. The second-order valence-electron chi connectivity index (χ2n) is 4.52. The fourth-order valence-electron chi connectivity index (χ4n) is 1.42. The second kappa shape index (κ2) is 4.53. The quantitative estimate of drug-likeness (QED) is 0.924. The van der Waals surface area contributed by atoms with E-state index in [2.05, 4.69) is 15.9 Å². The number of carboxylic acids is 1. The van der Waals surface area contributed by atoms with Crippen LogP contribution in [-0.4, -0.2) is 11.1 Å². The highest BCUT2D eigenvalue weighted by molar-refractivity contribution is 9.10. The fraction of sp³-hybridized carbons (Fsp3) is 0.417. The molecule has 0 fully saturated rings. The van der Waals surface area contributed by atoms with Crippen molar-refractivity contribution < 1.29 is 14.3 Å². The molecule has 0 aromatic heterocycles. The molecule has 0 amide bonds. The maximum Gasteiger partial charge on any atom is 0.309 e. The minimum Gasteiger partial charge on any atom is -0.481 e. The summed E-state index contributed by atoms with van der Waals surface area (Å²) in [6, 6.07) is 3.03. The van der Waals surface area contributed by atoms with E-state index in [-0.39, 0.29) is 5.82 Å². The van der Waals surface area contributed by atoms with Crippen LogP contribution in [0.2, 0.25) is 0 Å². The standard InChI is InChI=1S/C12H14BrFO2/c1-7-4-5-9(14)10(13)8(7)6-12(2,3)11(15)16/h4-5H,6H2,1-3H3,(H,15,16). The van der Waals surface area contributed by atoms with Gasteiger partial charge in [-0.15, -0.1) is 0 Å². The van der Waals surface area contributed by atoms with Crippen molar-refractivity contribution >= 4 is 21.9 Å². The molecule has 0 aliphatic rings. The molecule has 4 heteroatoms. The highest BCUT2D eigenvalue weighted by Crippen LogP contribution is 2.30. The fourth-order valence-corrected chi connectivity index (χ4v) is 2.01. The minimum atomic E-state index is -0.902. The number of aliphatic carboxylic acids is 1. The maximum atomic E-state index is 13.3. The summed E-state index contributed by atoms with van der Waals surface area (Å²) in [6.45, 7) is 5.11. The van der Waals surface area contributed by atoms with Gasteiger partial charge >= 0.3 is 5.97 Å². The summed E-state index contributed by atoms with van der Waals surface area (Å²) >= 11 is 3.16. The predicted molar refractivity (Wildman–Crippen MR) is 64.0 cm³/mol. The molecule has 0 atom stereocenters. The molecule has 0 aliphatic heterocycles. The number of carbonyl (C=O) groups is 1. The Morgan fingerprint density at radius 3 is 2.56 bits per heavy atom. The van der Waals surface area contributed by atoms with E-state index < -0.39 is 11.4 Å². The largest absolute Gasteiger partial charge is 0.481 e. The van der Waals surface area contributed by atoms with Crippen LogP contribution in [0, 0.1) is 18.2 Å². The zero-order valence-electron chi connectivity index (χ0n) is 9.47. The molecule has 2 nitrogen and oxygen atoms in total. The molecule has 1 aromatic carbocycles. The Morgan fingerprint density at radius 2 is 2.06 bits per heavy atom. The van der Waals surface area contributed by atoms with Crippen LogP contribution in [0.1, 0.15) is 25.0 Å². The van der Waals surface area contributed by atoms with Crippen LogP contribution in [0.15, 0.2) is 16.6 Å². The van der Waals surface area contributed by atoms with Crippen LogP contribution in [0.5, 0.6) is 0 Å². The van der Waals surface area contributed by atoms with Gasteiger partial charge in [0.15, 0.2) is 0 Å². The van der Waals surface area contributed by atoms with Gasteiger partial charge in [0.1, 0.15) is 5.82 Å². The first kappa shape index (κ1) is 13.2. The third kappa shape index (κ3) is 2.61. The molecule has 1 N–H and O–H groups in total. The Balaban J connectivity index is 3.15. The number of aryl methyl sites for hydroxylation is 1. The van der Waals surface area contributed by atoms with Gasteiger partial charge in [0.2, 0.25) is 0 Å². The smallest absolute Gasteiger partial charge is 0.309 e. The second-order valence-corrected chi connectivity index (χ2v) is 5.32. The number of hydrogen-bond donors (Lipinski definition) is 1. The zero-order valence-corrected chi connectivity index (χ0v) is 11.1. The van der Waals surface area contributed by atoms with Crippen molar-refractivity contribution in [3.05, 3.63) is 33.5 Å². The summed E-state index contributed by atoms with van der Waals surface area (Å²) in [5, 5.41) is 9.04. The van der Waals surface area contributed by atoms with Crippen molar-refractivity contribution in [3.8, 4) is 0 Å². The molecule has 1 rings (SSSR count). The van der Waals surface area contributed by atoms with Crippen LogP contribution in [0.25, 0.3) is 0 Å². The van der Waals surface area contributed by atoms with E-state index in [9.17, 15) is 9.18 Å². The Hall–Kier alpha value is -0.900. The number of rotatable bonds is 3. The predicted octanol–water partition coefficient (Wildman–Crippen LogP) is 3.55. The lowest BCUT2D eigenvalue weighted by atomic mass is 9.84.